The smallest absolute Gasteiger partial charge is 0.326 e. The molecule has 0 radical (unpaired) electrons. The summed E-state index contributed by atoms with van der Waals surface area (Å²) in [5.74, 6) is -3.32. The van der Waals surface area contributed by atoms with Crippen molar-refractivity contribution in [2.24, 2.45) is 33.8 Å². The van der Waals surface area contributed by atoms with Gasteiger partial charge in [0.2, 0.25) is 23.6 Å². The number of carbonyl (C=O) groups is 5. The molecule has 12 N–H and O–H groups in total. The van der Waals surface area contributed by atoms with E-state index in [-0.39, 0.29) is 50.5 Å². The molecule has 0 aliphatic carbocycles. The summed E-state index contributed by atoms with van der Waals surface area (Å²) in [5.41, 5.74) is 21.4. The van der Waals surface area contributed by atoms with Crippen LogP contribution in [0.1, 0.15) is 52.4 Å². The quantitative estimate of drug-likeness (QED) is 0.0500. The SMILES string of the molecule is CSCCC(NC(=O)C(CC(C)C)NC(=O)C(N)CCC(N)=O)C(=O)NC(CCCN=C(N)N)C(=O)O. The van der Waals surface area contributed by atoms with Gasteiger partial charge in [0.15, 0.2) is 5.96 Å². The topological polar surface area (TPSA) is 258 Å². The molecule has 15 heteroatoms. The van der Waals surface area contributed by atoms with Gasteiger partial charge in [-0.05, 0) is 50.0 Å². The van der Waals surface area contributed by atoms with Gasteiger partial charge in [0.05, 0.1) is 6.04 Å². The Labute approximate surface area is 221 Å². The van der Waals surface area contributed by atoms with Crippen molar-refractivity contribution in [1.29, 1.82) is 0 Å². The Morgan fingerprint density at radius 3 is 1.95 bits per heavy atom. The Morgan fingerprint density at radius 1 is 0.865 bits per heavy atom. The highest BCUT2D eigenvalue weighted by molar-refractivity contribution is 7.98. The van der Waals surface area contributed by atoms with E-state index in [1.807, 2.05) is 20.1 Å². The van der Waals surface area contributed by atoms with Gasteiger partial charge in [0, 0.05) is 13.0 Å². The first-order valence-corrected chi connectivity index (χ1v) is 13.4. The van der Waals surface area contributed by atoms with Crippen molar-refractivity contribution in [1.82, 2.24) is 16.0 Å². The van der Waals surface area contributed by atoms with Gasteiger partial charge in [-0.2, -0.15) is 11.8 Å². The number of primary amides is 1. The average molecular weight is 547 g/mol. The van der Waals surface area contributed by atoms with Gasteiger partial charge in [-0.25, -0.2) is 4.79 Å². The highest BCUT2D eigenvalue weighted by atomic mass is 32.2. The van der Waals surface area contributed by atoms with Crippen molar-refractivity contribution in [3.05, 3.63) is 0 Å². The van der Waals surface area contributed by atoms with Crippen LogP contribution in [0.3, 0.4) is 0 Å². The largest absolute Gasteiger partial charge is 0.480 e. The van der Waals surface area contributed by atoms with Crippen molar-refractivity contribution in [3.8, 4) is 0 Å². The molecular formula is C22H42N8O6S. The number of nitrogens with two attached hydrogens (primary N) is 4. The lowest BCUT2D eigenvalue weighted by atomic mass is 10.0. The number of thioether (sulfide) groups is 1. The van der Waals surface area contributed by atoms with Crippen LogP contribution in [0.4, 0.5) is 0 Å². The number of nitrogens with one attached hydrogen (secondary N) is 3. The maximum Gasteiger partial charge on any atom is 0.326 e. The Bertz CT molecular complexity index is 806. The molecule has 0 aromatic heterocycles. The van der Waals surface area contributed by atoms with E-state index in [4.69, 9.17) is 22.9 Å². The van der Waals surface area contributed by atoms with Crippen molar-refractivity contribution >= 4 is 47.3 Å². The van der Waals surface area contributed by atoms with Crippen LogP contribution in [-0.4, -0.2) is 83.4 Å². The number of nitrogens with zero attached hydrogens (tertiary/aromatic N) is 1. The molecule has 0 rings (SSSR count). The second-order valence-electron chi connectivity index (χ2n) is 8.99. The number of rotatable bonds is 19. The maximum absolute atomic E-state index is 13.1. The molecule has 0 bridgehead atoms. The second-order valence-corrected chi connectivity index (χ2v) is 9.98. The first-order valence-electron chi connectivity index (χ1n) is 12.0. The van der Waals surface area contributed by atoms with E-state index >= 15 is 0 Å². The van der Waals surface area contributed by atoms with E-state index in [1.165, 1.54) is 11.8 Å². The van der Waals surface area contributed by atoms with E-state index in [0.717, 1.165) is 0 Å². The summed E-state index contributed by atoms with van der Waals surface area (Å²) < 4.78 is 0. The third-order valence-electron chi connectivity index (χ3n) is 5.18. The number of hydrogen-bond donors (Lipinski definition) is 8. The minimum atomic E-state index is -1.23. The number of carbonyl (C=O) groups excluding carboxylic acids is 4. The van der Waals surface area contributed by atoms with Gasteiger partial charge in [-0.1, -0.05) is 13.8 Å². The third kappa shape index (κ3) is 15.6. The summed E-state index contributed by atoms with van der Waals surface area (Å²) in [6.45, 7) is 3.92. The minimum absolute atomic E-state index is 0.0120. The zero-order valence-electron chi connectivity index (χ0n) is 21.7. The predicted octanol–water partition coefficient (Wildman–Crippen LogP) is -2.03. The molecule has 0 fully saturated rings. The highest BCUT2D eigenvalue weighted by Crippen LogP contribution is 2.09. The Balaban J connectivity index is 5.42. The number of carboxylic acid groups (broad SMARTS) is 1. The molecule has 0 saturated heterocycles. The molecule has 4 atom stereocenters. The van der Waals surface area contributed by atoms with Gasteiger partial charge >= 0.3 is 5.97 Å². The number of hydrogen-bond acceptors (Lipinski definition) is 8. The molecule has 37 heavy (non-hydrogen) atoms. The van der Waals surface area contributed by atoms with Gasteiger partial charge in [-0.15, -0.1) is 0 Å². The third-order valence-corrected chi connectivity index (χ3v) is 5.83. The summed E-state index contributed by atoms with van der Waals surface area (Å²) in [4.78, 5) is 64.9. The van der Waals surface area contributed by atoms with Crippen LogP contribution in [0.25, 0.3) is 0 Å². The predicted molar refractivity (Wildman–Crippen MR) is 142 cm³/mol. The summed E-state index contributed by atoms with van der Waals surface area (Å²) >= 11 is 1.45. The molecule has 0 aromatic rings. The highest BCUT2D eigenvalue weighted by Gasteiger charge is 2.30. The number of aliphatic imine (C=N–C) groups is 1. The summed E-state index contributed by atoms with van der Waals surface area (Å²) in [6.07, 6.45) is 2.67. The lowest BCUT2D eigenvalue weighted by Gasteiger charge is -2.26. The lowest BCUT2D eigenvalue weighted by Crippen LogP contribution is -2.57. The zero-order chi connectivity index (χ0) is 28.5. The van der Waals surface area contributed by atoms with E-state index in [9.17, 15) is 29.1 Å². The molecule has 0 aliphatic heterocycles. The molecular weight excluding hydrogens is 504 g/mol. The van der Waals surface area contributed by atoms with Crippen molar-refractivity contribution in [3.63, 3.8) is 0 Å². The molecule has 212 valence electrons. The van der Waals surface area contributed by atoms with Crippen LogP contribution >= 0.6 is 11.8 Å². The fraction of sp³-hybridized carbons (Fsp3) is 0.727. The lowest BCUT2D eigenvalue weighted by molar-refractivity contribution is -0.142. The van der Waals surface area contributed by atoms with Gasteiger partial charge in [-0.3, -0.25) is 24.2 Å². The molecule has 0 heterocycles. The molecule has 14 nitrogen and oxygen atoms in total. The summed E-state index contributed by atoms with van der Waals surface area (Å²) in [6, 6.07) is -4.27. The first-order chi connectivity index (χ1) is 17.3. The fourth-order valence-electron chi connectivity index (χ4n) is 3.22. The normalized spacial score (nSPS) is 14.1. The molecule has 4 amide bonds. The molecule has 0 aromatic carbocycles. The van der Waals surface area contributed by atoms with Crippen LogP contribution < -0.4 is 38.9 Å². The average Bonchev–Trinajstić information content (AvgIpc) is 2.80. The van der Waals surface area contributed by atoms with Gasteiger partial charge < -0.3 is 44.0 Å². The maximum atomic E-state index is 13.1. The monoisotopic (exact) mass is 546 g/mol. The Hall–Kier alpha value is -3.07. The number of guanidine groups is 1. The van der Waals surface area contributed by atoms with E-state index in [0.29, 0.717) is 12.2 Å². The van der Waals surface area contributed by atoms with Crippen molar-refractivity contribution in [2.75, 3.05) is 18.6 Å². The molecule has 0 spiro atoms. The van der Waals surface area contributed by atoms with Gasteiger partial charge in [0.1, 0.15) is 18.1 Å². The van der Waals surface area contributed by atoms with Crippen LogP contribution in [0.5, 0.6) is 0 Å². The summed E-state index contributed by atoms with van der Waals surface area (Å²) in [7, 11) is 0. The second kappa shape index (κ2) is 18.2. The first kappa shape index (κ1) is 33.9. The van der Waals surface area contributed by atoms with Crippen LogP contribution in [-0.2, 0) is 24.0 Å². The van der Waals surface area contributed by atoms with E-state index in [1.54, 1.807) is 0 Å². The number of aliphatic carboxylic acids is 1. The standard InChI is InChI=1S/C22H42N8O6S/c1-12(2)11-16(30-18(32)13(23)6-7-17(24)31)20(34)28-14(8-10-37-3)19(33)29-15(21(35)36)5-4-9-27-22(25)26/h12-16H,4-11,23H2,1-3H3,(H2,24,31)(H,28,34)(H,29,33)(H,30,32)(H,35,36)(H4,25,26,27). The van der Waals surface area contributed by atoms with Gasteiger partial charge in [0.25, 0.3) is 0 Å². The van der Waals surface area contributed by atoms with Crippen LogP contribution in [0.15, 0.2) is 4.99 Å². The van der Waals surface area contributed by atoms with Crippen molar-refractivity contribution < 1.29 is 29.1 Å². The van der Waals surface area contributed by atoms with Crippen molar-refractivity contribution in [2.45, 2.75) is 76.5 Å². The molecule has 4 unspecified atom stereocenters. The Kier molecular flexibility index (Phi) is 16.7. The zero-order valence-corrected chi connectivity index (χ0v) is 22.5. The van der Waals surface area contributed by atoms with Crippen LogP contribution in [0, 0.1) is 5.92 Å². The van der Waals surface area contributed by atoms with E-state index in [2.05, 4.69) is 20.9 Å². The Morgan fingerprint density at radius 2 is 1.43 bits per heavy atom. The molecule has 0 saturated carbocycles. The summed E-state index contributed by atoms with van der Waals surface area (Å²) in [5, 5.41) is 17.2. The molecule has 0 aliphatic rings. The minimum Gasteiger partial charge on any atom is -0.480 e. The number of amides is 4. The van der Waals surface area contributed by atoms with E-state index < -0.39 is 53.8 Å². The van der Waals surface area contributed by atoms with Crippen LogP contribution in [0.2, 0.25) is 0 Å². The number of carboxylic acids is 1. The fourth-order valence-corrected chi connectivity index (χ4v) is 3.69.